The third kappa shape index (κ3) is 2.90. The lowest BCUT2D eigenvalue weighted by molar-refractivity contribution is 0.540. The van der Waals surface area contributed by atoms with Gasteiger partial charge in [-0.2, -0.15) is 10.1 Å². The van der Waals surface area contributed by atoms with Gasteiger partial charge in [-0.1, -0.05) is 6.07 Å². The van der Waals surface area contributed by atoms with Crippen molar-refractivity contribution in [1.29, 1.82) is 0 Å². The Labute approximate surface area is 153 Å². The van der Waals surface area contributed by atoms with E-state index < -0.39 is 0 Å². The quantitative estimate of drug-likeness (QED) is 0.653. The molecule has 4 rings (SSSR count). The normalized spacial score (nSPS) is 15.2. The van der Waals surface area contributed by atoms with Gasteiger partial charge in [-0.05, 0) is 40.5 Å². The van der Waals surface area contributed by atoms with Crippen LogP contribution in [0.25, 0.3) is 11.1 Å². The Kier molecular flexibility index (Phi) is 3.99. The number of oxazole rings is 1. The van der Waals surface area contributed by atoms with Crippen molar-refractivity contribution in [2.45, 2.75) is 6.92 Å². The van der Waals surface area contributed by atoms with E-state index in [0.29, 0.717) is 10.5 Å². The molecule has 1 fully saturated rings. The van der Waals surface area contributed by atoms with E-state index in [1.165, 1.54) is 10.2 Å². The zero-order valence-electron chi connectivity index (χ0n) is 14.1. The molecule has 1 aromatic carbocycles. The van der Waals surface area contributed by atoms with Crippen molar-refractivity contribution >= 4 is 38.7 Å². The largest absolute Gasteiger partial charge is 0.423 e. The van der Waals surface area contributed by atoms with Crippen LogP contribution in [-0.2, 0) is 7.05 Å². The van der Waals surface area contributed by atoms with Crippen LogP contribution in [0.15, 0.2) is 38.1 Å². The van der Waals surface area contributed by atoms with E-state index in [-0.39, 0.29) is 5.56 Å². The minimum atomic E-state index is -0.130. The molecule has 1 aliphatic rings. The second kappa shape index (κ2) is 6.18. The molecule has 0 saturated carbocycles. The molecular formula is C17H18BrN5O2. The fraction of sp³-hybridized carbons (Fsp3) is 0.353. The van der Waals surface area contributed by atoms with E-state index in [1.54, 1.807) is 13.2 Å². The molecular weight excluding hydrogens is 386 g/mol. The third-order valence-electron chi connectivity index (χ3n) is 4.48. The van der Waals surface area contributed by atoms with Gasteiger partial charge >= 0.3 is 0 Å². The van der Waals surface area contributed by atoms with Crippen molar-refractivity contribution in [2.24, 2.45) is 7.05 Å². The molecule has 0 atom stereocenters. The van der Waals surface area contributed by atoms with Crippen LogP contribution < -0.4 is 15.4 Å². The molecule has 130 valence electrons. The first-order valence-electron chi connectivity index (χ1n) is 8.12. The van der Waals surface area contributed by atoms with Gasteiger partial charge in [0.25, 0.3) is 11.6 Å². The lowest BCUT2D eigenvalue weighted by Gasteiger charge is -2.35. The van der Waals surface area contributed by atoms with Crippen LogP contribution in [0.5, 0.6) is 0 Å². The molecule has 0 aliphatic carbocycles. The molecule has 2 aromatic heterocycles. The van der Waals surface area contributed by atoms with Crippen LogP contribution in [0, 0.1) is 6.92 Å². The number of fused-ring (bicyclic) bond motifs is 1. The molecule has 8 heteroatoms. The van der Waals surface area contributed by atoms with Crippen LogP contribution in [0.2, 0.25) is 0 Å². The monoisotopic (exact) mass is 403 g/mol. The van der Waals surface area contributed by atoms with Crippen molar-refractivity contribution in [3.8, 4) is 0 Å². The highest BCUT2D eigenvalue weighted by Crippen LogP contribution is 2.26. The summed E-state index contributed by atoms with van der Waals surface area (Å²) in [7, 11) is 1.64. The average Bonchev–Trinajstić information content (AvgIpc) is 3.03. The molecule has 3 aromatic rings. The molecule has 0 N–H and O–H groups in total. The number of hydrogen-bond donors (Lipinski definition) is 0. The van der Waals surface area contributed by atoms with E-state index in [2.05, 4.69) is 35.8 Å². The Morgan fingerprint density at radius 1 is 1.16 bits per heavy atom. The van der Waals surface area contributed by atoms with E-state index >= 15 is 0 Å². The average molecular weight is 404 g/mol. The smallest absolute Gasteiger partial charge is 0.298 e. The maximum atomic E-state index is 12.0. The number of aryl methyl sites for hydroxylation is 2. The third-order valence-corrected chi connectivity index (χ3v) is 5.23. The fourth-order valence-corrected chi connectivity index (χ4v) is 3.63. The number of nitrogens with zero attached hydrogens (tertiary/aromatic N) is 5. The van der Waals surface area contributed by atoms with Gasteiger partial charge in [0.1, 0.15) is 9.99 Å². The molecule has 0 spiro atoms. The van der Waals surface area contributed by atoms with Gasteiger partial charge in [-0.25, -0.2) is 4.68 Å². The molecule has 0 unspecified atom stereocenters. The van der Waals surface area contributed by atoms with Crippen molar-refractivity contribution < 1.29 is 4.42 Å². The van der Waals surface area contributed by atoms with Crippen LogP contribution in [0.3, 0.4) is 0 Å². The fourth-order valence-electron chi connectivity index (χ4n) is 3.02. The van der Waals surface area contributed by atoms with Crippen LogP contribution in [0.1, 0.15) is 5.56 Å². The number of anilines is 2. The summed E-state index contributed by atoms with van der Waals surface area (Å²) in [4.78, 5) is 20.9. The molecule has 7 nitrogen and oxygen atoms in total. The van der Waals surface area contributed by atoms with Crippen LogP contribution in [-0.4, -0.2) is 40.9 Å². The summed E-state index contributed by atoms with van der Waals surface area (Å²) in [5.41, 5.74) is 3.56. The Hall–Kier alpha value is -2.35. The second-order valence-electron chi connectivity index (χ2n) is 6.21. The van der Waals surface area contributed by atoms with Crippen LogP contribution in [0.4, 0.5) is 11.7 Å². The molecule has 1 saturated heterocycles. The van der Waals surface area contributed by atoms with Crippen molar-refractivity contribution in [1.82, 2.24) is 14.8 Å². The zero-order chi connectivity index (χ0) is 17.6. The first-order chi connectivity index (χ1) is 12.0. The first kappa shape index (κ1) is 16.1. The van der Waals surface area contributed by atoms with E-state index in [9.17, 15) is 4.79 Å². The van der Waals surface area contributed by atoms with Gasteiger partial charge < -0.3 is 14.2 Å². The minimum Gasteiger partial charge on any atom is -0.423 e. The van der Waals surface area contributed by atoms with E-state index in [4.69, 9.17) is 4.42 Å². The summed E-state index contributed by atoms with van der Waals surface area (Å²) < 4.78 is 7.76. The summed E-state index contributed by atoms with van der Waals surface area (Å²) >= 11 is 3.40. The summed E-state index contributed by atoms with van der Waals surface area (Å²) in [5.74, 6) is 0. The molecule has 0 bridgehead atoms. The number of piperazine rings is 1. The number of benzene rings is 1. The summed E-state index contributed by atoms with van der Waals surface area (Å²) in [5, 5.41) is 4.12. The maximum Gasteiger partial charge on any atom is 0.298 e. The molecule has 3 heterocycles. The first-order valence-corrected chi connectivity index (χ1v) is 8.91. The second-order valence-corrected chi connectivity index (χ2v) is 7.01. The van der Waals surface area contributed by atoms with Crippen molar-refractivity contribution in [3.05, 3.63) is 44.8 Å². The highest BCUT2D eigenvalue weighted by atomic mass is 79.9. The predicted molar refractivity (Wildman–Crippen MR) is 100 cm³/mol. The van der Waals surface area contributed by atoms with Crippen LogP contribution >= 0.6 is 15.9 Å². The summed E-state index contributed by atoms with van der Waals surface area (Å²) in [6.07, 6.45) is 1.73. The van der Waals surface area contributed by atoms with Gasteiger partial charge in [0.2, 0.25) is 0 Å². The van der Waals surface area contributed by atoms with Crippen molar-refractivity contribution in [2.75, 3.05) is 36.0 Å². The standard InChI is InChI=1S/C17H18BrN5O2/c1-11-3-4-14-12(9-11)20-17(25-14)23-7-5-22(6-8-23)13-10-19-21(2)16(24)15(13)18/h3-4,9-10H,5-8H2,1-2H3. The summed E-state index contributed by atoms with van der Waals surface area (Å²) in [6, 6.07) is 6.66. The molecule has 0 amide bonds. The molecule has 25 heavy (non-hydrogen) atoms. The predicted octanol–water partition coefficient (Wildman–Crippen LogP) is 2.32. The van der Waals surface area contributed by atoms with Gasteiger partial charge in [0.15, 0.2) is 5.58 Å². The Morgan fingerprint density at radius 3 is 2.64 bits per heavy atom. The number of halogens is 1. The maximum absolute atomic E-state index is 12.0. The lowest BCUT2D eigenvalue weighted by Crippen LogP contribution is -2.47. The molecule has 1 aliphatic heterocycles. The number of rotatable bonds is 2. The number of hydrogen-bond acceptors (Lipinski definition) is 6. The zero-order valence-corrected chi connectivity index (χ0v) is 15.7. The Morgan fingerprint density at radius 2 is 1.88 bits per heavy atom. The van der Waals surface area contributed by atoms with E-state index in [0.717, 1.165) is 43.0 Å². The molecule has 0 radical (unpaired) electrons. The SMILES string of the molecule is Cc1ccc2oc(N3CCN(c4cnn(C)c(=O)c4Br)CC3)nc2c1. The highest BCUT2D eigenvalue weighted by molar-refractivity contribution is 9.10. The Bertz CT molecular complexity index is 988. The Balaban J connectivity index is 1.53. The van der Waals surface area contributed by atoms with Crippen molar-refractivity contribution in [3.63, 3.8) is 0 Å². The minimum absolute atomic E-state index is 0.130. The van der Waals surface area contributed by atoms with E-state index in [1.807, 2.05) is 25.1 Å². The van der Waals surface area contributed by atoms with Gasteiger partial charge in [-0.15, -0.1) is 0 Å². The van der Waals surface area contributed by atoms with Gasteiger partial charge in [0, 0.05) is 33.2 Å². The number of aromatic nitrogens is 3. The van der Waals surface area contributed by atoms with Gasteiger partial charge in [-0.3, -0.25) is 4.79 Å². The van der Waals surface area contributed by atoms with Gasteiger partial charge in [0.05, 0.1) is 11.9 Å². The summed E-state index contributed by atoms with van der Waals surface area (Å²) in [6.45, 7) is 5.12. The topological polar surface area (TPSA) is 67.4 Å². The highest BCUT2D eigenvalue weighted by Gasteiger charge is 2.23. The lowest BCUT2D eigenvalue weighted by atomic mass is 10.2.